The maximum atomic E-state index is 12.3. The standard InChI is InChI=1S/C14H28O2/c1-7-13(6,8-2)14(9-3,10-4)12(15)16-11-5/h7-11H2,1-6H3. The zero-order valence-electron chi connectivity index (χ0n) is 11.9. The lowest BCUT2D eigenvalue weighted by atomic mass is 9.58. The van der Waals surface area contributed by atoms with Gasteiger partial charge in [0.05, 0.1) is 12.0 Å². The number of ether oxygens (including phenoxy) is 1. The van der Waals surface area contributed by atoms with Gasteiger partial charge in [-0.2, -0.15) is 0 Å². The summed E-state index contributed by atoms with van der Waals surface area (Å²) in [6, 6.07) is 0. The van der Waals surface area contributed by atoms with E-state index in [4.69, 9.17) is 4.74 Å². The monoisotopic (exact) mass is 228 g/mol. The van der Waals surface area contributed by atoms with Crippen LogP contribution >= 0.6 is 0 Å². The first-order chi connectivity index (χ1) is 7.47. The molecule has 0 saturated carbocycles. The molecule has 0 aliphatic heterocycles. The van der Waals surface area contributed by atoms with Crippen LogP contribution in [-0.2, 0) is 9.53 Å². The zero-order valence-corrected chi connectivity index (χ0v) is 11.9. The van der Waals surface area contributed by atoms with Crippen LogP contribution in [0.4, 0.5) is 0 Å². The summed E-state index contributed by atoms with van der Waals surface area (Å²) in [5, 5.41) is 0. The molecular weight excluding hydrogens is 200 g/mol. The lowest BCUT2D eigenvalue weighted by molar-refractivity contribution is -0.166. The van der Waals surface area contributed by atoms with Gasteiger partial charge in [-0.1, -0.05) is 34.6 Å². The van der Waals surface area contributed by atoms with Crippen molar-refractivity contribution in [3.05, 3.63) is 0 Å². The summed E-state index contributed by atoms with van der Waals surface area (Å²) in [6.07, 6.45) is 3.76. The number of hydrogen-bond acceptors (Lipinski definition) is 2. The third-order valence-corrected chi connectivity index (χ3v) is 4.59. The fraction of sp³-hybridized carbons (Fsp3) is 0.929. The molecule has 0 rings (SSSR count). The maximum Gasteiger partial charge on any atom is 0.312 e. The molecule has 0 atom stereocenters. The minimum atomic E-state index is -0.313. The molecule has 2 nitrogen and oxygen atoms in total. The fourth-order valence-corrected chi connectivity index (χ4v) is 2.83. The number of rotatable bonds is 7. The summed E-state index contributed by atoms with van der Waals surface area (Å²) in [7, 11) is 0. The summed E-state index contributed by atoms with van der Waals surface area (Å²) in [6.45, 7) is 13.1. The van der Waals surface area contributed by atoms with Gasteiger partial charge < -0.3 is 4.74 Å². The molecule has 0 N–H and O–H groups in total. The van der Waals surface area contributed by atoms with Crippen molar-refractivity contribution in [3.63, 3.8) is 0 Å². The highest BCUT2D eigenvalue weighted by molar-refractivity contribution is 5.77. The van der Waals surface area contributed by atoms with Gasteiger partial charge in [-0.25, -0.2) is 0 Å². The molecule has 2 heteroatoms. The van der Waals surface area contributed by atoms with Crippen molar-refractivity contribution >= 4 is 5.97 Å². The number of carbonyl (C=O) groups is 1. The van der Waals surface area contributed by atoms with Crippen LogP contribution in [0.15, 0.2) is 0 Å². The Hall–Kier alpha value is -0.530. The smallest absolute Gasteiger partial charge is 0.312 e. The average Bonchev–Trinajstić information content (AvgIpc) is 2.31. The lowest BCUT2D eigenvalue weighted by Crippen LogP contribution is -2.46. The van der Waals surface area contributed by atoms with Crippen molar-refractivity contribution < 1.29 is 9.53 Å². The number of esters is 1. The van der Waals surface area contributed by atoms with Crippen molar-refractivity contribution in [1.29, 1.82) is 0 Å². The first-order valence-corrected chi connectivity index (χ1v) is 6.65. The first-order valence-electron chi connectivity index (χ1n) is 6.65. The van der Waals surface area contributed by atoms with Crippen molar-refractivity contribution in [2.24, 2.45) is 10.8 Å². The topological polar surface area (TPSA) is 26.3 Å². The van der Waals surface area contributed by atoms with Gasteiger partial charge in [0.2, 0.25) is 0 Å². The van der Waals surface area contributed by atoms with Gasteiger partial charge in [0.15, 0.2) is 0 Å². The van der Waals surface area contributed by atoms with Crippen molar-refractivity contribution in [1.82, 2.24) is 0 Å². The highest BCUT2D eigenvalue weighted by Crippen LogP contribution is 2.50. The van der Waals surface area contributed by atoms with E-state index >= 15 is 0 Å². The molecule has 0 aromatic rings. The van der Waals surface area contributed by atoms with Crippen LogP contribution in [-0.4, -0.2) is 12.6 Å². The first kappa shape index (κ1) is 15.5. The SMILES string of the molecule is CCOC(=O)C(CC)(CC)C(C)(CC)CC. The largest absolute Gasteiger partial charge is 0.466 e. The highest BCUT2D eigenvalue weighted by atomic mass is 16.5. The summed E-state index contributed by atoms with van der Waals surface area (Å²) in [4.78, 5) is 12.3. The fourth-order valence-electron chi connectivity index (χ4n) is 2.83. The molecule has 0 aromatic carbocycles. The predicted octanol–water partition coefficient (Wildman–Crippen LogP) is 4.18. The van der Waals surface area contributed by atoms with Gasteiger partial charge in [0.1, 0.15) is 0 Å². The van der Waals surface area contributed by atoms with Crippen LogP contribution in [0.25, 0.3) is 0 Å². The molecule has 0 amide bonds. The Kier molecular flexibility index (Phi) is 6.06. The Labute approximate surface area is 101 Å². The van der Waals surface area contributed by atoms with Gasteiger partial charge in [0, 0.05) is 0 Å². The molecule has 16 heavy (non-hydrogen) atoms. The van der Waals surface area contributed by atoms with E-state index in [1.54, 1.807) is 0 Å². The molecule has 0 aliphatic carbocycles. The minimum absolute atomic E-state index is 0.00815. The third kappa shape index (κ3) is 2.41. The van der Waals surface area contributed by atoms with Gasteiger partial charge in [-0.15, -0.1) is 0 Å². The van der Waals surface area contributed by atoms with E-state index in [-0.39, 0.29) is 16.8 Å². The van der Waals surface area contributed by atoms with Crippen LogP contribution in [0.1, 0.15) is 67.2 Å². The Morgan fingerprint density at radius 1 is 0.938 bits per heavy atom. The minimum Gasteiger partial charge on any atom is -0.466 e. The zero-order chi connectivity index (χ0) is 12.8. The van der Waals surface area contributed by atoms with Gasteiger partial charge in [0.25, 0.3) is 0 Å². The van der Waals surface area contributed by atoms with Crippen LogP contribution in [0.5, 0.6) is 0 Å². The van der Waals surface area contributed by atoms with E-state index < -0.39 is 0 Å². The van der Waals surface area contributed by atoms with Crippen molar-refractivity contribution in [2.45, 2.75) is 67.2 Å². The molecule has 0 fully saturated rings. The summed E-state index contributed by atoms with van der Waals surface area (Å²) >= 11 is 0. The molecule has 0 aromatic heterocycles. The second-order valence-corrected chi connectivity index (χ2v) is 4.78. The van der Waals surface area contributed by atoms with E-state index in [9.17, 15) is 4.79 Å². The molecular formula is C14H28O2. The van der Waals surface area contributed by atoms with Crippen LogP contribution in [0.2, 0.25) is 0 Å². The average molecular weight is 228 g/mol. The normalized spacial score (nSPS) is 12.6. The van der Waals surface area contributed by atoms with Crippen LogP contribution in [0.3, 0.4) is 0 Å². The molecule has 0 radical (unpaired) electrons. The molecule has 0 spiro atoms. The Bertz CT molecular complexity index is 213. The van der Waals surface area contributed by atoms with E-state index in [0.29, 0.717) is 6.61 Å². The second kappa shape index (κ2) is 6.27. The number of carbonyl (C=O) groups excluding carboxylic acids is 1. The van der Waals surface area contributed by atoms with E-state index in [2.05, 4.69) is 34.6 Å². The Balaban J connectivity index is 5.30. The number of hydrogen-bond donors (Lipinski definition) is 0. The Morgan fingerprint density at radius 3 is 1.62 bits per heavy atom. The molecule has 0 aliphatic rings. The molecule has 0 heterocycles. The second-order valence-electron chi connectivity index (χ2n) is 4.78. The van der Waals surface area contributed by atoms with Crippen LogP contribution in [0, 0.1) is 10.8 Å². The van der Waals surface area contributed by atoms with Gasteiger partial charge >= 0.3 is 5.97 Å². The molecule has 96 valence electrons. The van der Waals surface area contributed by atoms with E-state index in [1.165, 1.54) is 0 Å². The Morgan fingerprint density at radius 2 is 1.38 bits per heavy atom. The maximum absolute atomic E-state index is 12.3. The van der Waals surface area contributed by atoms with Gasteiger partial charge in [-0.05, 0) is 38.0 Å². The van der Waals surface area contributed by atoms with Crippen molar-refractivity contribution in [2.75, 3.05) is 6.61 Å². The molecule has 0 unspecified atom stereocenters. The quantitative estimate of drug-likeness (QED) is 0.611. The summed E-state index contributed by atoms with van der Waals surface area (Å²) < 4.78 is 5.30. The summed E-state index contributed by atoms with van der Waals surface area (Å²) in [5.74, 6) is -0.00815. The van der Waals surface area contributed by atoms with Gasteiger partial charge in [-0.3, -0.25) is 4.79 Å². The molecule has 0 saturated heterocycles. The lowest BCUT2D eigenvalue weighted by Gasteiger charge is -2.45. The van der Waals surface area contributed by atoms with Crippen LogP contribution < -0.4 is 0 Å². The predicted molar refractivity (Wildman–Crippen MR) is 68.3 cm³/mol. The third-order valence-electron chi connectivity index (χ3n) is 4.59. The van der Waals surface area contributed by atoms with E-state index in [1.807, 2.05) is 6.92 Å². The summed E-state index contributed by atoms with van der Waals surface area (Å²) in [5.41, 5.74) is -0.269. The highest BCUT2D eigenvalue weighted by Gasteiger charge is 2.49. The molecule has 0 bridgehead atoms. The van der Waals surface area contributed by atoms with Crippen molar-refractivity contribution in [3.8, 4) is 0 Å². The van der Waals surface area contributed by atoms with E-state index in [0.717, 1.165) is 25.7 Å².